The Hall–Kier alpha value is -3.55. The lowest BCUT2D eigenvalue weighted by molar-refractivity contribution is -0.147. The third-order valence-electron chi connectivity index (χ3n) is 3.72. The van der Waals surface area contributed by atoms with Crippen LogP contribution in [0.15, 0.2) is 42.5 Å². The molecule has 0 spiro atoms. The second kappa shape index (κ2) is 10.7. The third-order valence-corrected chi connectivity index (χ3v) is 3.72. The van der Waals surface area contributed by atoms with Crippen LogP contribution < -0.4 is 20.1 Å². The third kappa shape index (κ3) is 7.53. The molecule has 154 valence electrons. The molecule has 0 aliphatic rings. The van der Waals surface area contributed by atoms with Crippen LogP contribution in [-0.2, 0) is 19.1 Å². The van der Waals surface area contributed by atoms with Gasteiger partial charge in [-0.3, -0.25) is 14.4 Å². The smallest absolute Gasteiger partial charge is 0.309 e. The van der Waals surface area contributed by atoms with Crippen molar-refractivity contribution >= 4 is 29.2 Å². The predicted octanol–water partition coefficient (Wildman–Crippen LogP) is 2.91. The summed E-state index contributed by atoms with van der Waals surface area (Å²) in [6.07, 6.45) is 0.0164. The number of nitrogens with one attached hydrogen (secondary N) is 2. The normalized spacial score (nSPS) is 10.0. The highest BCUT2D eigenvalue weighted by molar-refractivity contribution is 5.96. The lowest BCUT2D eigenvalue weighted by Crippen LogP contribution is -2.22. The molecular formula is C21H24N2O6. The summed E-state index contributed by atoms with van der Waals surface area (Å²) in [7, 11) is 1.46. The average molecular weight is 400 g/mol. The van der Waals surface area contributed by atoms with E-state index in [-0.39, 0.29) is 18.9 Å². The first kappa shape index (κ1) is 21.7. The fourth-order valence-corrected chi connectivity index (χ4v) is 2.45. The molecule has 2 rings (SSSR count). The van der Waals surface area contributed by atoms with Crippen molar-refractivity contribution in [2.75, 3.05) is 31.0 Å². The van der Waals surface area contributed by atoms with E-state index in [2.05, 4.69) is 10.6 Å². The van der Waals surface area contributed by atoms with E-state index >= 15 is 0 Å². The number of carbonyl (C=O) groups is 3. The molecule has 2 aromatic carbocycles. The van der Waals surface area contributed by atoms with Crippen LogP contribution in [-0.4, -0.2) is 38.1 Å². The van der Waals surface area contributed by atoms with E-state index in [0.29, 0.717) is 22.9 Å². The Bertz CT molecular complexity index is 881. The number of rotatable bonds is 9. The van der Waals surface area contributed by atoms with Gasteiger partial charge in [0.25, 0.3) is 5.91 Å². The number of esters is 1. The molecule has 2 aromatic rings. The molecule has 0 saturated heterocycles. The fraction of sp³-hybridized carbons (Fsp3) is 0.286. The molecule has 0 aliphatic carbocycles. The maximum Gasteiger partial charge on any atom is 0.309 e. The zero-order valence-corrected chi connectivity index (χ0v) is 16.6. The van der Waals surface area contributed by atoms with Gasteiger partial charge in [-0.15, -0.1) is 0 Å². The molecular weight excluding hydrogens is 376 g/mol. The van der Waals surface area contributed by atoms with Gasteiger partial charge in [-0.2, -0.15) is 0 Å². The lowest BCUT2D eigenvalue weighted by Gasteiger charge is -2.12. The second-order valence-electron chi connectivity index (χ2n) is 6.22. The average Bonchev–Trinajstić information content (AvgIpc) is 2.66. The van der Waals surface area contributed by atoms with E-state index in [9.17, 15) is 14.4 Å². The molecule has 29 heavy (non-hydrogen) atoms. The number of aryl methyl sites for hydroxylation is 1. The number of amides is 2. The largest absolute Gasteiger partial charge is 0.495 e. The lowest BCUT2D eigenvalue weighted by atomic mass is 10.2. The van der Waals surface area contributed by atoms with E-state index in [1.165, 1.54) is 14.0 Å². The summed E-state index contributed by atoms with van der Waals surface area (Å²) in [5.41, 5.74) is 1.90. The Labute approximate surface area is 169 Å². The fourth-order valence-electron chi connectivity index (χ4n) is 2.45. The van der Waals surface area contributed by atoms with Gasteiger partial charge in [0.1, 0.15) is 11.5 Å². The molecule has 0 aromatic heterocycles. The zero-order chi connectivity index (χ0) is 21.2. The number of benzene rings is 2. The number of hydrogen-bond acceptors (Lipinski definition) is 6. The summed E-state index contributed by atoms with van der Waals surface area (Å²) in [5.74, 6) is -0.246. The van der Waals surface area contributed by atoms with Gasteiger partial charge >= 0.3 is 5.97 Å². The topological polar surface area (TPSA) is 103 Å². The summed E-state index contributed by atoms with van der Waals surface area (Å²) in [4.78, 5) is 35.1. The highest BCUT2D eigenvalue weighted by Gasteiger charge is 2.12. The Balaban J connectivity index is 1.80. The minimum absolute atomic E-state index is 0.0164. The molecule has 0 fully saturated rings. The van der Waals surface area contributed by atoms with E-state index in [0.717, 1.165) is 5.56 Å². The zero-order valence-electron chi connectivity index (χ0n) is 16.6. The standard InChI is InChI=1S/C21H24N2O6/c1-14-5-4-6-17(11-14)28-10-9-21(26)29-13-20(25)23-18-12-16(22-15(2)24)7-8-19(18)27-3/h4-8,11-12H,9-10,13H2,1-3H3,(H,22,24)(H,23,25). The van der Waals surface area contributed by atoms with Crippen molar-refractivity contribution in [3.05, 3.63) is 48.0 Å². The maximum atomic E-state index is 12.1. The first-order valence-corrected chi connectivity index (χ1v) is 8.98. The van der Waals surface area contributed by atoms with Gasteiger partial charge < -0.3 is 24.8 Å². The maximum absolute atomic E-state index is 12.1. The van der Waals surface area contributed by atoms with Crippen LogP contribution >= 0.6 is 0 Å². The Kier molecular flexibility index (Phi) is 8.02. The van der Waals surface area contributed by atoms with Gasteiger partial charge in [0, 0.05) is 12.6 Å². The monoisotopic (exact) mass is 400 g/mol. The number of ether oxygens (including phenoxy) is 3. The van der Waals surface area contributed by atoms with Crippen LogP contribution in [0.5, 0.6) is 11.5 Å². The van der Waals surface area contributed by atoms with Crippen LogP contribution in [0, 0.1) is 6.92 Å². The molecule has 0 unspecified atom stereocenters. The minimum Gasteiger partial charge on any atom is -0.495 e. The molecule has 0 saturated carbocycles. The highest BCUT2D eigenvalue weighted by atomic mass is 16.5. The Morgan fingerprint density at radius 3 is 2.52 bits per heavy atom. The molecule has 2 N–H and O–H groups in total. The molecule has 0 aliphatic heterocycles. The van der Waals surface area contributed by atoms with E-state index < -0.39 is 18.5 Å². The van der Waals surface area contributed by atoms with Crippen molar-refractivity contribution in [3.63, 3.8) is 0 Å². The van der Waals surface area contributed by atoms with Crippen molar-refractivity contribution in [3.8, 4) is 11.5 Å². The Morgan fingerprint density at radius 1 is 1.03 bits per heavy atom. The number of carbonyl (C=O) groups excluding carboxylic acids is 3. The first-order valence-electron chi connectivity index (χ1n) is 8.98. The number of anilines is 2. The molecule has 8 nitrogen and oxygen atoms in total. The molecule has 0 radical (unpaired) electrons. The van der Waals surface area contributed by atoms with E-state index in [1.54, 1.807) is 24.3 Å². The van der Waals surface area contributed by atoms with Crippen molar-refractivity contribution < 1.29 is 28.6 Å². The predicted molar refractivity (Wildman–Crippen MR) is 108 cm³/mol. The highest BCUT2D eigenvalue weighted by Crippen LogP contribution is 2.27. The van der Waals surface area contributed by atoms with Crippen LogP contribution in [0.1, 0.15) is 18.9 Å². The summed E-state index contributed by atoms with van der Waals surface area (Å²) in [5, 5.41) is 5.21. The van der Waals surface area contributed by atoms with Crippen molar-refractivity contribution in [1.82, 2.24) is 0 Å². The number of hydrogen-bond donors (Lipinski definition) is 2. The van der Waals surface area contributed by atoms with Crippen LogP contribution in [0.4, 0.5) is 11.4 Å². The van der Waals surface area contributed by atoms with Crippen LogP contribution in [0.2, 0.25) is 0 Å². The van der Waals surface area contributed by atoms with E-state index in [4.69, 9.17) is 14.2 Å². The van der Waals surface area contributed by atoms with Gasteiger partial charge in [0.15, 0.2) is 6.61 Å². The number of methoxy groups -OCH3 is 1. The summed E-state index contributed by atoms with van der Waals surface area (Å²) in [6.45, 7) is 3.03. The minimum atomic E-state index is -0.549. The van der Waals surface area contributed by atoms with Gasteiger partial charge in [-0.25, -0.2) is 0 Å². The van der Waals surface area contributed by atoms with Gasteiger partial charge in [0.2, 0.25) is 5.91 Å². The molecule has 0 heterocycles. The summed E-state index contributed by atoms with van der Waals surface area (Å²) >= 11 is 0. The first-order chi connectivity index (χ1) is 13.9. The van der Waals surface area contributed by atoms with Gasteiger partial charge in [-0.1, -0.05) is 12.1 Å². The van der Waals surface area contributed by atoms with Crippen molar-refractivity contribution in [1.29, 1.82) is 0 Å². The van der Waals surface area contributed by atoms with Crippen LogP contribution in [0.25, 0.3) is 0 Å². The van der Waals surface area contributed by atoms with Crippen LogP contribution in [0.3, 0.4) is 0 Å². The van der Waals surface area contributed by atoms with Crippen molar-refractivity contribution in [2.24, 2.45) is 0 Å². The van der Waals surface area contributed by atoms with Crippen molar-refractivity contribution in [2.45, 2.75) is 20.3 Å². The quantitative estimate of drug-likeness (QED) is 0.628. The molecule has 2 amide bonds. The van der Waals surface area contributed by atoms with Gasteiger partial charge in [-0.05, 0) is 42.8 Å². The SMILES string of the molecule is COc1ccc(NC(C)=O)cc1NC(=O)COC(=O)CCOc1cccc(C)c1. The summed E-state index contributed by atoms with van der Waals surface area (Å²) in [6, 6.07) is 12.3. The Morgan fingerprint density at radius 2 is 1.83 bits per heavy atom. The molecule has 0 atom stereocenters. The van der Waals surface area contributed by atoms with Gasteiger partial charge in [0.05, 0.1) is 25.8 Å². The second-order valence-corrected chi connectivity index (χ2v) is 6.22. The molecule has 8 heteroatoms. The van der Waals surface area contributed by atoms with E-state index in [1.807, 2.05) is 25.1 Å². The molecule has 0 bridgehead atoms. The summed E-state index contributed by atoms with van der Waals surface area (Å²) < 4.78 is 15.6.